The second-order valence-electron chi connectivity index (χ2n) is 26.4. The Labute approximate surface area is 653 Å². The summed E-state index contributed by atoms with van der Waals surface area (Å²) in [5.74, 6) is -19.8. The smallest absolute Gasteiger partial charge is 0.326 e. The molecule has 0 aromatic rings. The van der Waals surface area contributed by atoms with Crippen molar-refractivity contribution in [3.8, 4) is 0 Å². The highest BCUT2D eigenvalue weighted by Crippen LogP contribution is 2.15. The third-order valence-electron chi connectivity index (χ3n) is 16.9. The lowest BCUT2D eigenvalue weighted by molar-refractivity contribution is -0.142. The van der Waals surface area contributed by atoms with Gasteiger partial charge < -0.3 is 134 Å². The predicted octanol–water partition coefficient (Wildman–Crippen LogP) is -10.1. The number of nitrogens with one attached hydrogen (secondary N) is 15. The molecule has 0 aromatic heterocycles. The van der Waals surface area contributed by atoms with Crippen molar-refractivity contribution in [3.63, 3.8) is 0 Å². The van der Waals surface area contributed by atoms with E-state index in [-0.39, 0.29) is 76.8 Å². The highest BCUT2D eigenvalue weighted by molar-refractivity contribution is 7.98. The van der Waals surface area contributed by atoms with Crippen molar-refractivity contribution in [2.24, 2.45) is 40.5 Å². The summed E-state index contributed by atoms with van der Waals surface area (Å²) in [6.45, 7) is 4.62. The molecule has 111 heavy (non-hydrogen) atoms. The van der Waals surface area contributed by atoms with Gasteiger partial charge in [0, 0.05) is 18.6 Å². The summed E-state index contributed by atoms with van der Waals surface area (Å²) in [6, 6.07) is -19.8. The zero-order valence-electron chi connectivity index (χ0n) is 63.7. The summed E-state index contributed by atoms with van der Waals surface area (Å²) in [4.78, 5) is 238. The lowest BCUT2D eigenvalue weighted by Gasteiger charge is -2.31. The number of aliphatic carboxylic acids is 2. The van der Waals surface area contributed by atoms with Gasteiger partial charge in [0.05, 0.1) is 45.0 Å². The van der Waals surface area contributed by atoms with Gasteiger partial charge in [-0.25, -0.2) is 4.79 Å². The summed E-state index contributed by atoms with van der Waals surface area (Å²) in [5.41, 5.74) is 28.0. The van der Waals surface area contributed by atoms with Crippen LogP contribution in [0.25, 0.3) is 0 Å². The number of thioether (sulfide) groups is 1. The van der Waals surface area contributed by atoms with E-state index in [4.69, 9.17) is 28.7 Å². The van der Waals surface area contributed by atoms with Gasteiger partial charge >= 0.3 is 11.9 Å². The molecule has 0 saturated carbocycles. The maximum atomic E-state index is 14.4. The van der Waals surface area contributed by atoms with Crippen LogP contribution < -0.4 is 108 Å². The number of unbranched alkanes of at least 4 members (excludes halogenated alkanes) is 3. The Balaban J connectivity index is 6.50. The molecule has 0 heterocycles. The van der Waals surface area contributed by atoms with Crippen molar-refractivity contribution >= 4 is 131 Å². The van der Waals surface area contributed by atoms with Gasteiger partial charge in [0.25, 0.3) is 0 Å². The molecule has 0 aliphatic rings. The number of thiol groups is 1. The van der Waals surface area contributed by atoms with Crippen molar-refractivity contribution in [3.05, 3.63) is 0 Å². The number of carbonyl (C=O) groups excluding carboxylic acids is 16. The van der Waals surface area contributed by atoms with Crippen LogP contribution in [-0.4, -0.2) is 287 Å². The van der Waals surface area contributed by atoms with Crippen molar-refractivity contribution in [2.45, 2.75) is 223 Å². The van der Waals surface area contributed by atoms with Crippen molar-refractivity contribution < 1.29 is 112 Å². The van der Waals surface area contributed by atoms with Crippen LogP contribution >= 0.6 is 24.4 Å². The summed E-state index contributed by atoms with van der Waals surface area (Å²) >= 11 is 5.21. The number of hydrogen-bond acceptors (Lipinski definition) is 27. The van der Waals surface area contributed by atoms with Crippen molar-refractivity contribution in [1.29, 1.82) is 0 Å². The molecule has 2 unspecified atom stereocenters. The second-order valence-corrected chi connectivity index (χ2v) is 27.8. The molecule has 0 fully saturated rings. The molecule has 0 bridgehead atoms. The molecule has 0 aliphatic carbocycles. The van der Waals surface area contributed by atoms with E-state index in [0.29, 0.717) is 31.4 Å². The molecule has 0 spiro atoms. The normalized spacial score (nSPS) is 15.1. The molecule has 0 aliphatic heterocycles. The molecule has 0 rings (SSSR count). The lowest BCUT2D eigenvalue weighted by atomic mass is 9.95. The maximum absolute atomic E-state index is 14.4. The SMILES string of the molecule is CCC(C)[C@H](NC(=O)[C@@H](NC(=O)[C@H](CO)NC(=O)[C@H](CCCCN)NC(=O)CNC(=O)[C@H](CO)NC(=O)[C@H](CCC(=O)O)NC(=O)CNC(=O)[C@H](C)NC(=O)CNC(=O)[C@@H](N)CS)C(C)O)C(=O)N[C@H](C(=O)N[C@@H](CCCCN)C(=O)N[C@@H](CCC(N)=O)C(=O)N[C@@H](CCSC)C(=O)N[C@@H](CCCCN)C(=O)O)C(C)C. The first kappa shape index (κ1) is 102. The van der Waals surface area contributed by atoms with Crippen LogP contribution in [0.15, 0.2) is 0 Å². The Morgan fingerprint density at radius 3 is 1.18 bits per heavy atom. The fourth-order valence-electron chi connectivity index (χ4n) is 10.1. The molecule has 15 atom stereocenters. The Morgan fingerprint density at radius 2 is 0.757 bits per heavy atom. The van der Waals surface area contributed by atoms with Crippen LogP contribution in [0.5, 0.6) is 0 Å². The largest absolute Gasteiger partial charge is 0.481 e. The molecule has 632 valence electrons. The Hall–Kier alpha value is -9.12. The van der Waals surface area contributed by atoms with Gasteiger partial charge in [0.2, 0.25) is 94.5 Å². The van der Waals surface area contributed by atoms with E-state index in [2.05, 4.69) is 92.4 Å². The third-order valence-corrected chi connectivity index (χ3v) is 17.9. The molecular weight excluding hydrogens is 1500 g/mol. The van der Waals surface area contributed by atoms with Crippen LogP contribution in [0.4, 0.5) is 0 Å². The number of primary amides is 1. The number of rotatable bonds is 59. The first-order valence-electron chi connectivity index (χ1n) is 36.3. The second kappa shape index (κ2) is 56.1. The maximum Gasteiger partial charge on any atom is 0.326 e. The van der Waals surface area contributed by atoms with E-state index < -0.39 is 255 Å². The minimum Gasteiger partial charge on any atom is -0.481 e. The Kier molecular flexibility index (Phi) is 51.5. The average Bonchev–Trinajstić information content (AvgIpc) is 0.837. The molecular formula is C66H118N20O23S2. The van der Waals surface area contributed by atoms with Gasteiger partial charge in [-0.3, -0.25) is 81.5 Å². The fourth-order valence-corrected chi connectivity index (χ4v) is 10.7. The van der Waals surface area contributed by atoms with Gasteiger partial charge in [0.1, 0.15) is 72.5 Å². The van der Waals surface area contributed by atoms with E-state index in [0.717, 1.165) is 6.92 Å². The molecule has 16 amide bonds. The van der Waals surface area contributed by atoms with Gasteiger partial charge in [-0.05, 0) is 134 Å². The topological polar surface area (TPSA) is 719 Å². The Bertz CT molecular complexity index is 3090. The number of carboxylic acids is 2. The molecule has 45 heteroatoms. The third kappa shape index (κ3) is 41.1. The average molecular weight is 1620 g/mol. The lowest BCUT2D eigenvalue weighted by Crippen LogP contribution is -2.63. The molecule has 0 saturated heterocycles. The Morgan fingerprint density at radius 1 is 0.405 bits per heavy atom. The van der Waals surface area contributed by atoms with Crippen LogP contribution in [0, 0.1) is 11.8 Å². The van der Waals surface area contributed by atoms with Crippen LogP contribution in [-0.2, 0) is 86.3 Å². The van der Waals surface area contributed by atoms with Crippen LogP contribution in [0.1, 0.15) is 138 Å². The van der Waals surface area contributed by atoms with Crippen LogP contribution in [0.3, 0.4) is 0 Å². The number of aliphatic hydroxyl groups excluding tert-OH is 3. The summed E-state index contributed by atoms with van der Waals surface area (Å²) in [7, 11) is 0. The van der Waals surface area contributed by atoms with Gasteiger partial charge in [-0.15, -0.1) is 0 Å². The minimum atomic E-state index is -1.92. The molecule has 0 aromatic carbocycles. The molecule has 30 N–H and O–H groups in total. The number of nitrogens with two attached hydrogens (primary N) is 5. The van der Waals surface area contributed by atoms with E-state index >= 15 is 0 Å². The number of carboxylic acid groups (broad SMARTS) is 2. The van der Waals surface area contributed by atoms with Crippen molar-refractivity contribution in [1.82, 2.24) is 79.8 Å². The predicted molar refractivity (Wildman–Crippen MR) is 404 cm³/mol. The highest BCUT2D eigenvalue weighted by atomic mass is 32.2. The number of amides is 16. The first-order valence-corrected chi connectivity index (χ1v) is 38.4. The monoisotopic (exact) mass is 1620 g/mol. The quantitative estimate of drug-likeness (QED) is 0.0199. The van der Waals surface area contributed by atoms with E-state index in [9.17, 15) is 112 Å². The van der Waals surface area contributed by atoms with E-state index in [1.807, 2.05) is 0 Å². The van der Waals surface area contributed by atoms with Crippen molar-refractivity contribution in [2.75, 3.05) is 70.2 Å². The number of carbonyl (C=O) groups is 18. The molecule has 0 radical (unpaired) electrons. The number of hydrogen-bond donors (Lipinski definition) is 26. The highest BCUT2D eigenvalue weighted by Gasteiger charge is 2.39. The van der Waals surface area contributed by atoms with Crippen LogP contribution in [0.2, 0.25) is 0 Å². The first-order chi connectivity index (χ1) is 52.3. The van der Waals surface area contributed by atoms with Gasteiger partial charge in [-0.2, -0.15) is 24.4 Å². The fraction of sp³-hybridized carbons (Fsp3) is 0.727. The number of aliphatic hydroxyl groups is 3. The summed E-state index contributed by atoms with van der Waals surface area (Å²) in [5, 5.41) is 85.8. The van der Waals surface area contributed by atoms with Gasteiger partial charge in [-0.1, -0.05) is 34.1 Å². The van der Waals surface area contributed by atoms with Gasteiger partial charge in [0.15, 0.2) is 0 Å². The zero-order chi connectivity index (χ0) is 84.6. The van der Waals surface area contributed by atoms with E-state index in [1.54, 1.807) is 34.0 Å². The molecule has 43 nitrogen and oxygen atoms in total. The summed E-state index contributed by atoms with van der Waals surface area (Å²) < 4.78 is 0. The summed E-state index contributed by atoms with van der Waals surface area (Å²) in [6.07, 6.45) is -0.189. The zero-order valence-corrected chi connectivity index (χ0v) is 65.5. The minimum absolute atomic E-state index is 0.0124. The van der Waals surface area contributed by atoms with E-state index in [1.165, 1.54) is 18.7 Å². The standard InChI is InChI=1S/C66H118N20O23S2/c1-8-34(4)52(64(106)84-51(33(2)3)63(105)80-39(16-10-13-24-68)58(100)78-41(18-20-46(71)90)60(102)79-42(22-26-111-7)61(103)81-43(66(108)109)17-11-14-25-69)85-65(107)53(36(6)89)86-62(104)45(31-88)83-57(99)38(15-9-12-23-67)76-49(93)29-74-56(98)44(30-87)82-59(101)40(19-21-50(94)95)77-48(92)28-72-54(96)35(5)75-47(91)27-73-55(97)37(70)32-110/h33-45,51-53,87-89,110H,8-32,67-70H2,1-7H3,(H2,71,90)(H,72,96)(H,73,97)(H,74,98)(H,75,91)(H,76,93)(H,77,92)(H,78,100)(H,79,102)(H,80,105)(H,81,103)(H,82,101)(H,83,99)(H,84,106)(H,85,107)(H,86,104)(H,94,95)(H,108,109)/t34?,35-,36?,37-,38-,39-,40-,41-,42-,43-,44-,45-,51-,52-,53-/m0/s1.